The average Bonchev–Trinajstić information content (AvgIpc) is 2.97. The quantitative estimate of drug-likeness (QED) is 0.125. The molecule has 3 aromatic rings. The van der Waals surface area contributed by atoms with Crippen molar-refractivity contribution < 1.29 is 74.4 Å². The van der Waals surface area contributed by atoms with Gasteiger partial charge < -0.3 is 74.4 Å². The molecule has 2 aliphatic heterocycles. The Morgan fingerprint density at radius 1 is 0.698 bits per heavy atom. The molecule has 0 bridgehead atoms. The van der Waals surface area contributed by atoms with Crippen molar-refractivity contribution in [1.82, 2.24) is 0 Å². The summed E-state index contributed by atoms with van der Waals surface area (Å²) >= 11 is 0. The van der Waals surface area contributed by atoms with E-state index in [-0.39, 0.29) is 28.0 Å². The van der Waals surface area contributed by atoms with E-state index >= 15 is 0 Å². The van der Waals surface area contributed by atoms with Crippen LogP contribution in [-0.4, -0.2) is 126 Å². The van der Waals surface area contributed by atoms with Gasteiger partial charge >= 0.3 is 0 Å². The van der Waals surface area contributed by atoms with Gasteiger partial charge in [-0.1, -0.05) is 0 Å². The molecule has 0 radical (unpaired) electrons. The number of aliphatic hydroxyl groups excluding tert-OH is 7. The summed E-state index contributed by atoms with van der Waals surface area (Å²) in [5.41, 5.74) is -0.588. The first-order chi connectivity index (χ1) is 20.4. The summed E-state index contributed by atoms with van der Waals surface area (Å²) in [6.45, 7) is -1.29. The second-order valence-electron chi connectivity index (χ2n) is 10.2. The number of phenols is 3. The lowest BCUT2D eigenvalue weighted by atomic mass is 9.98. The lowest BCUT2D eigenvalue weighted by Crippen LogP contribution is -2.62. The Bertz CT molecular complexity index is 1510. The van der Waals surface area contributed by atoms with Crippen LogP contribution in [0.1, 0.15) is 0 Å². The summed E-state index contributed by atoms with van der Waals surface area (Å²) in [5, 5.41) is 100. The number of phenolic OH excluding ortho intramolecular Hbond substituents is 3. The molecule has 2 aliphatic rings. The number of aromatic hydroxyl groups is 3. The molecule has 234 valence electrons. The predicted molar refractivity (Wildman–Crippen MR) is 140 cm³/mol. The molecular weight excluding hydrogens is 580 g/mol. The van der Waals surface area contributed by atoms with Crippen molar-refractivity contribution in [3.05, 3.63) is 46.6 Å². The van der Waals surface area contributed by atoms with E-state index in [0.29, 0.717) is 0 Å². The van der Waals surface area contributed by atoms with E-state index in [2.05, 4.69) is 0 Å². The largest absolute Gasteiger partial charge is 0.507 e. The zero-order valence-electron chi connectivity index (χ0n) is 22.1. The average molecular weight is 611 g/mol. The molecule has 0 spiro atoms. The molecule has 2 saturated heterocycles. The van der Waals surface area contributed by atoms with E-state index in [4.69, 9.17) is 23.4 Å². The molecule has 2 fully saturated rings. The lowest BCUT2D eigenvalue weighted by molar-refractivity contribution is -0.323. The number of fused-ring (bicyclic) bond motifs is 1. The fraction of sp³-hybridized carbons (Fsp3) is 0.444. The second kappa shape index (κ2) is 12.2. The summed E-state index contributed by atoms with van der Waals surface area (Å²) in [6, 6.07) is 7.01. The normalized spacial score (nSPS) is 33.0. The number of hydrogen-bond acceptors (Lipinski definition) is 16. The summed E-state index contributed by atoms with van der Waals surface area (Å²) in [4.78, 5) is 12.7. The van der Waals surface area contributed by atoms with Crippen molar-refractivity contribution in [2.45, 2.75) is 61.4 Å². The molecule has 10 atom stereocenters. The SMILES string of the molecule is O=c1cc(-c2ccc(O)c(O)c2)oc2cc(O[C@@H]3O[C@H](CO[C@@H]4O[C@H](CO)[C@@H](O)[C@H](O)[C@H]4O)[C@@H](O)[C@H](O)[C@H]3O)cc(O)c12. The maximum absolute atomic E-state index is 12.7. The third-order valence-corrected chi connectivity index (χ3v) is 7.24. The molecule has 10 N–H and O–H groups in total. The minimum absolute atomic E-state index is 0.0257. The predicted octanol–water partition coefficient (Wildman–Crippen LogP) is -2.42. The van der Waals surface area contributed by atoms with Crippen molar-refractivity contribution in [3.63, 3.8) is 0 Å². The molecule has 16 nitrogen and oxygen atoms in total. The van der Waals surface area contributed by atoms with Crippen molar-refractivity contribution in [1.29, 1.82) is 0 Å². The monoisotopic (exact) mass is 610 g/mol. The van der Waals surface area contributed by atoms with Crippen LogP contribution in [0, 0.1) is 0 Å². The maximum atomic E-state index is 12.7. The van der Waals surface area contributed by atoms with Crippen molar-refractivity contribution in [2.75, 3.05) is 13.2 Å². The zero-order valence-corrected chi connectivity index (χ0v) is 22.1. The third kappa shape index (κ3) is 5.98. The first kappa shape index (κ1) is 30.9. The fourth-order valence-electron chi connectivity index (χ4n) is 4.81. The van der Waals surface area contributed by atoms with Crippen LogP contribution >= 0.6 is 0 Å². The standard InChI is InChI=1S/C27H30O16/c28-7-17-20(33)22(35)24(37)26(42-17)39-8-18-21(34)23(36)25(38)27(43-18)40-10-4-13(31)19-14(32)6-15(41-16(19)5-10)9-1-2-11(29)12(30)3-9/h1-6,17-18,20-31,33-38H,7-8H2/t17-,18-,20-,21-,22+,23+,24-,25-,26-,27-/m1/s1. The Morgan fingerprint density at radius 3 is 2.02 bits per heavy atom. The lowest BCUT2D eigenvalue weighted by Gasteiger charge is -2.42. The highest BCUT2D eigenvalue weighted by Gasteiger charge is 2.48. The maximum Gasteiger partial charge on any atom is 0.229 e. The van der Waals surface area contributed by atoms with Gasteiger partial charge in [0, 0.05) is 23.8 Å². The Hall–Kier alpha value is -3.55. The van der Waals surface area contributed by atoms with Gasteiger partial charge in [0.1, 0.15) is 77.1 Å². The number of ether oxygens (including phenoxy) is 4. The molecule has 16 heteroatoms. The molecule has 0 aliphatic carbocycles. The first-order valence-corrected chi connectivity index (χ1v) is 13.0. The number of benzene rings is 2. The highest BCUT2D eigenvalue weighted by Crippen LogP contribution is 2.35. The first-order valence-electron chi connectivity index (χ1n) is 13.0. The Labute approximate surface area is 241 Å². The van der Waals surface area contributed by atoms with Gasteiger partial charge in [-0.05, 0) is 18.2 Å². The van der Waals surface area contributed by atoms with Crippen LogP contribution in [0.15, 0.2) is 45.6 Å². The Balaban J connectivity index is 1.36. The van der Waals surface area contributed by atoms with Gasteiger partial charge in [0.2, 0.25) is 6.29 Å². The molecule has 43 heavy (non-hydrogen) atoms. The van der Waals surface area contributed by atoms with Gasteiger partial charge in [-0.25, -0.2) is 0 Å². The van der Waals surface area contributed by atoms with Crippen LogP contribution in [0.2, 0.25) is 0 Å². The second-order valence-corrected chi connectivity index (χ2v) is 10.2. The highest BCUT2D eigenvalue weighted by atomic mass is 16.7. The van der Waals surface area contributed by atoms with E-state index in [0.717, 1.165) is 18.2 Å². The van der Waals surface area contributed by atoms with Gasteiger partial charge in [0.15, 0.2) is 23.2 Å². The topological polar surface area (TPSA) is 269 Å². The van der Waals surface area contributed by atoms with Gasteiger partial charge in [-0.15, -0.1) is 0 Å². The van der Waals surface area contributed by atoms with E-state index in [1.807, 2.05) is 0 Å². The zero-order chi connectivity index (χ0) is 31.2. The molecule has 1 aromatic heterocycles. The minimum Gasteiger partial charge on any atom is -0.507 e. The summed E-state index contributed by atoms with van der Waals surface area (Å²) in [5.74, 6) is -1.64. The Morgan fingerprint density at radius 2 is 1.35 bits per heavy atom. The van der Waals surface area contributed by atoms with Gasteiger partial charge in [-0.3, -0.25) is 4.79 Å². The highest BCUT2D eigenvalue weighted by molar-refractivity contribution is 5.86. The van der Waals surface area contributed by atoms with Crippen LogP contribution in [0.5, 0.6) is 23.0 Å². The molecule has 0 saturated carbocycles. The fourth-order valence-corrected chi connectivity index (χ4v) is 4.81. The van der Waals surface area contributed by atoms with Gasteiger partial charge in [0.25, 0.3) is 0 Å². The van der Waals surface area contributed by atoms with E-state index < -0.39 is 97.3 Å². The molecular formula is C27H30O16. The molecule has 2 aromatic carbocycles. The minimum atomic E-state index is -1.83. The Kier molecular flexibility index (Phi) is 8.77. The van der Waals surface area contributed by atoms with Crippen LogP contribution in [-0.2, 0) is 14.2 Å². The number of hydrogen-bond donors (Lipinski definition) is 10. The molecule has 3 heterocycles. The molecule has 5 rings (SSSR count). The van der Waals surface area contributed by atoms with Crippen LogP contribution in [0.4, 0.5) is 0 Å². The molecule has 0 amide bonds. The van der Waals surface area contributed by atoms with Crippen molar-refractivity contribution in [3.8, 4) is 34.3 Å². The van der Waals surface area contributed by atoms with E-state index in [1.54, 1.807) is 0 Å². The van der Waals surface area contributed by atoms with Gasteiger partial charge in [0.05, 0.1) is 13.2 Å². The summed E-state index contributed by atoms with van der Waals surface area (Å²) < 4.78 is 27.6. The van der Waals surface area contributed by atoms with Crippen molar-refractivity contribution in [2.24, 2.45) is 0 Å². The van der Waals surface area contributed by atoms with Crippen molar-refractivity contribution >= 4 is 11.0 Å². The molecule has 0 unspecified atom stereocenters. The van der Waals surface area contributed by atoms with Gasteiger partial charge in [-0.2, -0.15) is 0 Å². The number of aliphatic hydroxyl groups is 7. The van der Waals surface area contributed by atoms with Crippen LogP contribution in [0.25, 0.3) is 22.3 Å². The third-order valence-electron chi connectivity index (χ3n) is 7.24. The van der Waals surface area contributed by atoms with Crippen LogP contribution in [0.3, 0.4) is 0 Å². The summed E-state index contributed by atoms with van der Waals surface area (Å²) in [6.07, 6.45) is -16.4. The smallest absolute Gasteiger partial charge is 0.229 e. The van der Waals surface area contributed by atoms with E-state index in [9.17, 15) is 55.9 Å². The number of rotatable bonds is 7. The summed E-state index contributed by atoms with van der Waals surface area (Å²) in [7, 11) is 0. The van der Waals surface area contributed by atoms with Crippen LogP contribution < -0.4 is 10.2 Å². The van der Waals surface area contributed by atoms with E-state index in [1.165, 1.54) is 18.2 Å².